The maximum absolute atomic E-state index is 14.6. The van der Waals surface area contributed by atoms with Crippen molar-refractivity contribution in [3.05, 3.63) is 104 Å². The molecule has 0 spiro atoms. The Labute approximate surface area is 219 Å². The van der Waals surface area contributed by atoms with Crippen LogP contribution in [0.25, 0.3) is 10.9 Å². The quantitative estimate of drug-likeness (QED) is 0.268. The van der Waals surface area contributed by atoms with Crippen LogP contribution < -0.4 is 21.9 Å². The van der Waals surface area contributed by atoms with Crippen molar-refractivity contribution in [1.82, 2.24) is 10.3 Å². The Morgan fingerprint density at radius 3 is 2.67 bits per heavy atom. The zero-order chi connectivity index (χ0) is 25.4. The van der Waals surface area contributed by atoms with Crippen LogP contribution >= 0.6 is 25.2 Å². The summed E-state index contributed by atoms with van der Waals surface area (Å²) in [6.07, 6.45) is 1.69. The third-order valence-corrected chi connectivity index (χ3v) is 7.99. The second-order valence-corrected chi connectivity index (χ2v) is 11.3. The monoisotopic (exact) mass is 567 g/mol. The fraction of sp³-hybridized carbons (Fsp3) is 0.250. The Balaban J connectivity index is 1.57. The van der Waals surface area contributed by atoms with Crippen LogP contribution in [0.15, 0.2) is 76.0 Å². The highest BCUT2D eigenvalue weighted by Crippen LogP contribution is 2.40. The van der Waals surface area contributed by atoms with Gasteiger partial charge in [-0.2, -0.15) is 0 Å². The van der Waals surface area contributed by atoms with Crippen molar-refractivity contribution in [2.45, 2.75) is 36.8 Å². The van der Waals surface area contributed by atoms with Gasteiger partial charge in [0.1, 0.15) is 11.6 Å². The number of pyridine rings is 1. The van der Waals surface area contributed by atoms with E-state index < -0.39 is 11.5 Å². The van der Waals surface area contributed by atoms with Gasteiger partial charge in [-0.15, -0.1) is 9.24 Å². The normalized spacial score (nSPS) is 20.9. The molecule has 8 heteroatoms. The molecule has 2 heterocycles. The molecule has 0 saturated carbocycles. The summed E-state index contributed by atoms with van der Waals surface area (Å²) in [5, 5.41) is 15.1. The number of rotatable bonds is 5. The largest absolute Gasteiger partial charge is 0.508 e. The average Bonchev–Trinajstić information content (AvgIpc) is 2.83. The maximum Gasteiger partial charge on any atom is 0.252 e. The maximum atomic E-state index is 14.6. The lowest BCUT2D eigenvalue weighted by Crippen LogP contribution is -2.58. The van der Waals surface area contributed by atoms with Crippen molar-refractivity contribution in [3.63, 3.8) is 0 Å². The lowest BCUT2D eigenvalue weighted by molar-refractivity contribution is 0.229. The summed E-state index contributed by atoms with van der Waals surface area (Å²) in [5.41, 5.74) is 9.05. The molecule has 1 aliphatic rings. The highest BCUT2D eigenvalue weighted by Gasteiger charge is 2.42. The summed E-state index contributed by atoms with van der Waals surface area (Å²) < 4.78 is 15.5. The minimum absolute atomic E-state index is 0.0538. The van der Waals surface area contributed by atoms with E-state index >= 15 is 0 Å². The van der Waals surface area contributed by atoms with Gasteiger partial charge in [0.2, 0.25) is 0 Å². The molecular weight excluding hydrogens is 540 g/mol. The van der Waals surface area contributed by atoms with E-state index in [1.165, 1.54) is 6.07 Å². The van der Waals surface area contributed by atoms with Gasteiger partial charge in [-0.3, -0.25) is 4.79 Å². The van der Waals surface area contributed by atoms with E-state index in [0.29, 0.717) is 36.9 Å². The number of hydrogen-bond acceptors (Lipinski definition) is 4. The molecule has 0 aliphatic carbocycles. The van der Waals surface area contributed by atoms with E-state index in [1.54, 1.807) is 12.1 Å². The van der Waals surface area contributed by atoms with Crippen LogP contribution in [0, 0.1) is 5.82 Å². The number of piperidine rings is 1. The Morgan fingerprint density at radius 2 is 1.92 bits per heavy atom. The third-order valence-electron chi connectivity index (χ3n) is 7.14. The van der Waals surface area contributed by atoms with Crippen molar-refractivity contribution in [3.8, 4) is 5.75 Å². The number of benzene rings is 3. The first-order valence-electron chi connectivity index (χ1n) is 11.9. The van der Waals surface area contributed by atoms with Crippen LogP contribution in [0.1, 0.15) is 35.4 Å². The molecule has 5 rings (SSSR count). The van der Waals surface area contributed by atoms with Crippen LogP contribution in [0.5, 0.6) is 5.75 Å². The van der Waals surface area contributed by atoms with Gasteiger partial charge in [-0.1, -0.05) is 40.2 Å². The van der Waals surface area contributed by atoms with Gasteiger partial charge in [0.25, 0.3) is 5.56 Å². The van der Waals surface area contributed by atoms with Crippen LogP contribution in [0.2, 0.25) is 0 Å². The van der Waals surface area contributed by atoms with Gasteiger partial charge < -0.3 is 21.1 Å². The zero-order valence-electron chi connectivity index (χ0n) is 19.6. The molecule has 4 atom stereocenters. The molecule has 5 N–H and O–H groups in total. The fourth-order valence-corrected chi connectivity index (χ4v) is 6.06. The number of nitrogens with one attached hydrogen (secondary N) is 2. The molecule has 0 radical (unpaired) electrons. The number of phenols is 1. The zero-order valence-corrected chi connectivity index (χ0v) is 22.3. The van der Waals surface area contributed by atoms with Crippen LogP contribution in [0.3, 0.4) is 0 Å². The summed E-state index contributed by atoms with van der Waals surface area (Å²) in [4.78, 5) is 16.4. The smallest absolute Gasteiger partial charge is 0.252 e. The average molecular weight is 568 g/mol. The molecule has 1 aliphatic heterocycles. The van der Waals surface area contributed by atoms with Crippen LogP contribution in [0.4, 0.5) is 4.39 Å². The minimum atomic E-state index is -0.767. The lowest BCUT2D eigenvalue weighted by atomic mass is 9.68. The molecule has 1 saturated heterocycles. The SMILES string of the molecule is NC1(C(c2ccc(O)cc2)c2cc3cc(Br)ccc3[nH]c2=O)CCNC(Cc2ccc(P)cc2F)C1. The highest BCUT2D eigenvalue weighted by atomic mass is 79.9. The molecule has 36 heavy (non-hydrogen) atoms. The summed E-state index contributed by atoms with van der Waals surface area (Å²) in [7, 11) is 2.51. The van der Waals surface area contributed by atoms with Gasteiger partial charge in [-0.25, -0.2) is 4.39 Å². The predicted molar refractivity (Wildman–Crippen MR) is 150 cm³/mol. The molecule has 5 nitrogen and oxygen atoms in total. The topological polar surface area (TPSA) is 91.1 Å². The van der Waals surface area contributed by atoms with E-state index in [9.17, 15) is 14.3 Å². The number of nitrogens with two attached hydrogens (primary N) is 1. The second kappa shape index (κ2) is 10.1. The first kappa shape index (κ1) is 25.1. The third kappa shape index (κ3) is 5.12. The molecule has 1 fully saturated rings. The van der Waals surface area contributed by atoms with Crippen molar-refractivity contribution >= 4 is 41.4 Å². The Morgan fingerprint density at radius 1 is 1.14 bits per heavy atom. The number of phenolic OH excluding ortho intramolecular Hbond substituents is 1. The van der Waals surface area contributed by atoms with Crippen molar-refractivity contribution < 1.29 is 9.50 Å². The molecule has 4 unspecified atom stereocenters. The molecular formula is C28H28BrFN3O2P. The molecule has 1 aromatic heterocycles. The number of halogens is 2. The van der Waals surface area contributed by atoms with Crippen LogP contribution in [-0.2, 0) is 6.42 Å². The summed E-state index contributed by atoms with van der Waals surface area (Å²) in [6, 6.07) is 19.7. The van der Waals surface area contributed by atoms with E-state index in [2.05, 4.69) is 35.5 Å². The molecule has 3 aromatic carbocycles. The van der Waals surface area contributed by atoms with Gasteiger partial charge >= 0.3 is 0 Å². The molecule has 0 bridgehead atoms. The van der Waals surface area contributed by atoms with Gasteiger partial charge in [-0.05, 0) is 90.1 Å². The predicted octanol–water partition coefficient (Wildman–Crippen LogP) is 4.46. The standard InChI is InChI=1S/C28H28BrFN3O2P/c29-19-4-8-25-18(11-19)13-23(27(35)33-25)26(16-1-5-21(34)6-2-16)28(31)9-10-32-20(15-28)12-17-3-7-22(36)14-24(17)30/h1-8,11,13-14,20,26,32,34H,9-10,12,15,31,36H2,(H,33,35). The second-order valence-electron chi connectivity index (χ2n) is 9.70. The fourth-order valence-electron chi connectivity index (χ4n) is 5.44. The number of aromatic hydroxyl groups is 1. The Kier molecular flexibility index (Phi) is 7.01. The lowest BCUT2D eigenvalue weighted by Gasteiger charge is -2.44. The van der Waals surface area contributed by atoms with E-state index in [-0.39, 0.29) is 23.2 Å². The van der Waals surface area contributed by atoms with Gasteiger partial charge in [0, 0.05) is 33.1 Å². The molecule has 0 amide bonds. The number of H-pyrrole nitrogens is 1. The van der Waals surface area contributed by atoms with Crippen molar-refractivity contribution in [1.29, 1.82) is 0 Å². The van der Waals surface area contributed by atoms with Crippen LogP contribution in [-0.4, -0.2) is 28.2 Å². The summed E-state index contributed by atoms with van der Waals surface area (Å²) in [6.45, 7) is 0.649. The van der Waals surface area contributed by atoms with E-state index in [4.69, 9.17) is 5.73 Å². The summed E-state index contributed by atoms with van der Waals surface area (Å²) in [5.74, 6) is -0.505. The van der Waals surface area contributed by atoms with Gasteiger partial charge in [0.05, 0.1) is 0 Å². The van der Waals surface area contributed by atoms with Gasteiger partial charge in [0.15, 0.2) is 0 Å². The first-order chi connectivity index (χ1) is 17.2. The van der Waals surface area contributed by atoms with Crippen molar-refractivity contribution in [2.75, 3.05) is 6.54 Å². The molecule has 4 aromatic rings. The molecule has 186 valence electrons. The number of fused-ring (bicyclic) bond motifs is 1. The van der Waals surface area contributed by atoms with E-state index in [0.717, 1.165) is 26.2 Å². The highest BCUT2D eigenvalue weighted by molar-refractivity contribution is 9.10. The summed E-state index contributed by atoms with van der Waals surface area (Å²) >= 11 is 3.52. The van der Waals surface area contributed by atoms with E-state index in [1.807, 2.05) is 48.5 Å². The number of aromatic amines is 1. The van der Waals surface area contributed by atoms with Crippen molar-refractivity contribution in [2.24, 2.45) is 5.73 Å². The Bertz CT molecular complexity index is 1480. The first-order valence-corrected chi connectivity index (χ1v) is 13.3. The Hall–Kier alpha value is -2.57. The number of aromatic nitrogens is 1. The number of hydrogen-bond donors (Lipinski definition) is 4. The minimum Gasteiger partial charge on any atom is -0.508 e.